The molecule has 0 radical (unpaired) electrons. The number of rotatable bonds is 4. The van der Waals surface area contributed by atoms with Gasteiger partial charge in [-0.1, -0.05) is 6.07 Å². The smallest absolute Gasteiger partial charge is 0.369 e. The van der Waals surface area contributed by atoms with E-state index in [4.69, 9.17) is 0 Å². The van der Waals surface area contributed by atoms with Gasteiger partial charge in [0.25, 0.3) is 12.3 Å². The van der Waals surface area contributed by atoms with Gasteiger partial charge in [-0.3, -0.25) is 4.79 Å². The van der Waals surface area contributed by atoms with Crippen LogP contribution in [0.25, 0.3) is 0 Å². The van der Waals surface area contributed by atoms with Gasteiger partial charge in [-0.15, -0.1) is 0 Å². The second-order valence-electron chi connectivity index (χ2n) is 6.27. The molecule has 0 fully saturated rings. The van der Waals surface area contributed by atoms with Crippen molar-refractivity contribution in [3.8, 4) is 0 Å². The van der Waals surface area contributed by atoms with E-state index in [0.717, 1.165) is 5.56 Å². The summed E-state index contributed by atoms with van der Waals surface area (Å²) in [7, 11) is 0. The fourth-order valence-electron chi connectivity index (χ4n) is 3.58. The highest BCUT2D eigenvalue weighted by Crippen LogP contribution is 2.46. The average Bonchev–Trinajstić information content (AvgIpc) is 2.73. The second-order valence-corrected chi connectivity index (χ2v) is 6.27. The van der Waals surface area contributed by atoms with Gasteiger partial charge in [-0.2, -0.15) is 13.2 Å². The number of carbonyl (C=O) groups excluding carboxylic acids is 1. The molecule has 0 unspecified atom stereocenters. The first-order valence-electron chi connectivity index (χ1n) is 8.01. The van der Waals surface area contributed by atoms with Crippen molar-refractivity contribution in [2.24, 2.45) is 0 Å². The van der Waals surface area contributed by atoms with Crippen molar-refractivity contribution in [2.45, 2.75) is 31.5 Å². The summed E-state index contributed by atoms with van der Waals surface area (Å²) in [5, 5.41) is 5.28. The monoisotopic (exact) mass is 363 g/mol. The Morgan fingerprint density at radius 2 is 2.12 bits per heavy atom. The number of anilines is 1. The minimum Gasteiger partial charge on any atom is -0.369 e. The van der Waals surface area contributed by atoms with E-state index in [1.165, 1.54) is 6.07 Å². The largest absolute Gasteiger partial charge is 0.389 e. The highest BCUT2D eigenvalue weighted by Gasteiger charge is 2.41. The van der Waals surface area contributed by atoms with Gasteiger partial charge in [0.2, 0.25) is 0 Å². The Morgan fingerprint density at radius 3 is 2.80 bits per heavy atom. The first kappa shape index (κ1) is 17.9. The first-order valence-corrected chi connectivity index (χ1v) is 8.01. The molecule has 0 saturated heterocycles. The third kappa shape index (κ3) is 3.86. The van der Waals surface area contributed by atoms with Crippen LogP contribution in [0.15, 0.2) is 12.1 Å². The van der Waals surface area contributed by atoms with E-state index >= 15 is 0 Å². The molecule has 4 nitrogen and oxygen atoms in total. The molecule has 3 rings (SSSR count). The van der Waals surface area contributed by atoms with Crippen LogP contribution < -0.4 is 15.5 Å². The van der Waals surface area contributed by atoms with E-state index in [1.54, 1.807) is 6.07 Å². The standard InChI is InChI=1S/C16H18F5N3O/c17-12(18)7-23-15(25)11-2-1-9-6-22-3-4-24-8-10(5-16(19,20)21)13(11)14(9)24/h1-2,10,12,22H,3-8H2,(H,23,25)/t10-/m0/s1. The van der Waals surface area contributed by atoms with Gasteiger partial charge in [0.1, 0.15) is 0 Å². The summed E-state index contributed by atoms with van der Waals surface area (Å²) in [5.41, 5.74) is 1.84. The van der Waals surface area contributed by atoms with Crippen molar-refractivity contribution < 1.29 is 26.7 Å². The molecule has 2 heterocycles. The van der Waals surface area contributed by atoms with Crippen molar-refractivity contribution in [3.63, 3.8) is 0 Å². The third-order valence-electron chi connectivity index (χ3n) is 4.48. The number of hydrogen-bond acceptors (Lipinski definition) is 3. The Kier molecular flexibility index (Phi) is 4.86. The molecule has 1 aromatic rings. The van der Waals surface area contributed by atoms with Crippen LogP contribution in [0.3, 0.4) is 0 Å². The van der Waals surface area contributed by atoms with Crippen molar-refractivity contribution in [1.82, 2.24) is 10.6 Å². The molecule has 1 aromatic carbocycles. The van der Waals surface area contributed by atoms with Gasteiger partial charge >= 0.3 is 6.18 Å². The maximum atomic E-state index is 13.0. The van der Waals surface area contributed by atoms with Gasteiger partial charge in [-0.05, 0) is 17.2 Å². The number of amides is 1. The number of halogens is 5. The van der Waals surface area contributed by atoms with Gasteiger partial charge in [0.15, 0.2) is 0 Å². The molecule has 138 valence electrons. The Balaban J connectivity index is 2.01. The van der Waals surface area contributed by atoms with Crippen LogP contribution in [-0.4, -0.2) is 44.7 Å². The maximum absolute atomic E-state index is 13.0. The predicted octanol–water partition coefficient (Wildman–Crippen LogP) is 2.64. The van der Waals surface area contributed by atoms with Crippen LogP contribution in [0.5, 0.6) is 0 Å². The summed E-state index contributed by atoms with van der Waals surface area (Å²) in [6.45, 7) is 1.000. The number of carbonyl (C=O) groups is 1. The lowest BCUT2D eigenvalue weighted by Crippen LogP contribution is -2.30. The average molecular weight is 363 g/mol. The van der Waals surface area contributed by atoms with Gasteiger partial charge in [0, 0.05) is 43.3 Å². The lowest BCUT2D eigenvalue weighted by molar-refractivity contribution is -0.138. The fraction of sp³-hybridized carbons (Fsp3) is 0.562. The molecule has 1 atom stereocenters. The van der Waals surface area contributed by atoms with E-state index in [0.29, 0.717) is 30.9 Å². The molecule has 2 aliphatic rings. The molecule has 0 aliphatic carbocycles. The van der Waals surface area contributed by atoms with E-state index in [9.17, 15) is 26.7 Å². The van der Waals surface area contributed by atoms with Crippen molar-refractivity contribution in [1.29, 1.82) is 0 Å². The summed E-state index contributed by atoms with van der Waals surface area (Å²) in [6.07, 6.45) is -8.12. The summed E-state index contributed by atoms with van der Waals surface area (Å²) >= 11 is 0. The van der Waals surface area contributed by atoms with Crippen LogP contribution in [-0.2, 0) is 6.54 Å². The molecule has 0 aromatic heterocycles. The normalized spacial score (nSPS) is 19.8. The SMILES string of the molecule is O=C(NCC(F)F)c1ccc2c3c1[C@@H](CC(F)(F)F)CN3CCNC2. The number of nitrogens with zero attached hydrogens (tertiary/aromatic N) is 1. The number of benzene rings is 1. The number of alkyl halides is 5. The van der Waals surface area contributed by atoms with Crippen LogP contribution in [0.4, 0.5) is 27.6 Å². The van der Waals surface area contributed by atoms with Crippen molar-refractivity contribution >= 4 is 11.6 Å². The molecular formula is C16H18F5N3O. The van der Waals surface area contributed by atoms with Crippen LogP contribution in [0.1, 0.15) is 33.8 Å². The first-order chi connectivity index (χ1) is 11.8. The van der Waals surface area contributed by atoms with E-state index in [2.05, 4.69) is 10.6 Å². The summed E-state index contributed by atoms with van der Waals surface area (Å²) in [5.74, 6) is -1.63. The highest BCUT2D eigenvalue weighted by molar-refractivity contribution is 5.98. The zero-order valence-corrected chi connectivity index (χ0v) is 13.3. The molecule has 0 saturated carbocycles. The van der Waals surface area contributed by atoms with Crippen molar-refractivity contribution in [3.05, 3.63) is 28.8 Å². The van der Waals surface area contributed by atoms with Crippen molar-refractivity contribution in [2.75, 3.05) is 31.1 Å². The zero-order valence-electron chi connectivity index (χ0n) is 13.3. The highest BCUT2D eigenvalue weighted by atomic mass is 19.4. The minimum atomic E-state index is -4.37. The van der Waals surface area contributed by atoms with E-state index < -0.39 is 37.4 Å². The molecule has 25 heavy (non-hydrogen) atoms. The lowest BCUT2D eigenvalue weighted by Gasteiger charge is -2.19. The number of nitrogens with one attached hydrogen (secondary N) is 2. The Hall–Kier alpha value is -1.90. The number of hydrogen-bond donors (Lipinski definition) is 2. The lowest BCUT2D eigenvalue weighted by atomic mass is 9.90. The molecule has 9 heteroatoms. The summed E-state index contributed by atoms with van der Waals surface area (Å²) in [6, 6.07) is 3.12. The summed E-state index contributed by atoms with van der Waals surface area (Å²) < 4.78 is 63.7. The van der Waals surface area contributed by atoms with Gasteiger partial charge in [0.05, 0.1) is 13.0 Å². The Morgan fingerprint density at radius 1 is 1.36 bits per heavy atom. The quantitative estimate of drug-likeness (QED) is 0.809. The van der Waals surface area contributed by atoms with Gasteiger partial charge < -0.3 is 15.5 Å². The van der Waals surface area contributed by atoms with Crippen LogP contribution >= 0.6 is 0 Å². The molecule has 2 aliphatic heterocycles. The maximum Gasteiger partial charge on any atom is 0.389 e. The Labute approximate surface area is 141 Å². The van der Waals surface area contributed by atoms with Crippen LogP contribution in [0, 0.1) is 0 Å². The van der Waals surface area contributed by atoms with Gasteiger partial charge in [-0.25, -0.2) is 8.78 Å². The summed E-state index contributed by atoms with van der Waals surface area (Å²) in [4.78, 5) is 14.1. The molecule has 0 spiro atoms. The molecular weight excluding hydrogens is 345 g/mol. The molecule has 2 N–H and O–H groups in total. The second kappa shape index (κ2) is 6.78. The van der Waals surface area contributed by atoms with E-state index in [-0.39, 0.29) is 12.1 Å². The Bertz CT molecular complexity index is 662. The molecule has 1 amide bonds. The predicted molar refractivity (Wildman–Crippen MR) is 82.1 cm³/mol. The zero-order chi connectivity index (χ0) is 18.2. The van der Waals surface area contributed by atoms with E-state index in [1.807, 2.05) is 4.90 Å². The fourth-order valence-corrected chi connectivity index (χ4v) is 3.58. The van der Waals surface area contributed by atoms with Crippen LogP contribution in [0.2, 0.25) is 0 Å². The third-order valence-corrected chi connectivity index (χ3v) is 4.48. The topological polar surface area (TPSA) is 44.4 Å². The minimum absolute atomic E-state index is 0.0537. The molecule has 0 bridgehead atoms.